The summed E-state index contributed by atoms with van der Waals surface area (Å²) in [7, 11) is 12.1. The number of fused-ring (bicyclic) bond motifs is 3. The van der Waals surface area contributed by atoms with Crippen LogP contribution in [0.15, 0.2) is 123 Å². The lowest BCUT2D eigenvalue weighted by atomic mass is 9.90. The van der Waals surface area contributed by atoms with Gasteiger partial charge in [0.15, 0.2) is 16.7 Å². The van der Waals surface area contributed by atoms with E-state index >= 15 is 0 Å². The highest BCUT2D eigenvalue weighted by Crippen LogP contribution is 2.48. The fourth-order valence-electron chi connectivity index (χ4n) is 14.5. The summed E-state index contributed by atoms with van der Waals surface area (Å²) in [5.41, 5.74) is 8.60. The molecule has 101 heavy (non-hydrogen) atoms. The van der Waals surface area contributed by atoms with Crippen molar-refractivity contribution in [3.8, 4) is 34.5 Å². The zero-order valence-corrected chi connectivity index (χ0v) is 61.1. The summed E-state index contributed by atoms with van der Waals surface area (Å²) in [6.07, 6.45) is 18.1. The van der Waals surface area contributed by atoms with Crippen LogP contribution < -0.4 is 19.5 Å². The predicted octanol–water partition coefficient (Wildman–Crippen LogP) is 16.1. The van der Waals surface area contributed by atoms with E-state index in [-0.39, 0.29) is 53.1 Å². The second-order valence-electron chi connectivity index (χ2n) is 29.6. The molecule has 0 radical (unpaired) electrons. The minimum absolute atomic E-state index is 0. The predicted molar refractivity (Wildman–Crippen MR) is 395 cm³/mol. The first-order valence-electron chi connectivity index (χ1n) is 35.8. The van der Waals surface area contributed by atoms with Crippen LogP contribution in [0.5, 0.6) is 34.5 Å². The Morgan fingerprint density at radius 3 is 0.990 bits per heavy atom. The summed E-state index contributed by atoms with van der Waals surface area (Å²) in [4.78, 5) is 11.3. The van der Waals surface area contributed by atoms with Gasteiger partial charge >= 0.3 is 0 Å². The van der Waals surface area contributed by atoms with Crippen LogP contribution in [-0.2, 0) is 38.9 Å². The van der Waals surface area contributed by atoms with Gasteiger partial charge in [0.1, 0.15) is 51.9 Å². The summed E-state index contributed by atoms with van der Waals surface area (Å²) in [5.74, 6) is 5.16. The van der Waals surface area contributed by atoms with Gasteiger partial charge in [0.25, 0.3) is 0 Å². The van der Waals surface area contributed by atoms with Crippen molar-refractivity contribution in [2.24, 2.45) is 28.6 Å². The molecule has 9 aromatic rings. The minimum Gasteiger partial charge on any atom is -0.457 e. The zero-order chi connectivity index (χ0) is 69.0. The number of aryl methyl sites for hydroxylation is 3. The number of nitrogens with one attached hydrogen (secondary N) is 1. The number of benzene rings is 6. The maximum Gasteiger partial charge on any atom is 0.175 e. The number of aliphatic hydroxyl groups is 2. The molecule has 0 spiro atoms. The monoisotopic (exact) mass is 1430 g/mol. The summed E-state index contributed by atoms with van der Waals surface area (Å²) >= 11 is 0. The normalized spacial score (nSPS) is 17.2. The Labute approximate surface area is 604 Å². The number of hydrogen-bond acceptors (Lipinski definition) is 17. The van der Waals surface area contributed by atoms with E-state index in [0.29, 0.717) is 79.2 Å². The molecule has 2 saturated carbocycles. The van der Waals surface area contributed by atoms with Crippen molar-refractivity contribution >= 4 is 57.7 Å². The molecule has 3 N–H and O–H groups in total. The molecule has 3 aliphatic heterocycles. The van der Waals surface area contributed by atoms with E-state index in [2.05, 4.69) is 45.3 Å². The van der Waals surface area contributed by atoms with E-state index in [1.807, 2.05) is 78.7 Å². The molecule has 3 saturated heterocycles. The Bertz CT molecular complexity index is 3870. The molecule has 2 aliphatic carbocycles. The molecule has 17 nitrogen and oxygen atoms in total. The fraction of sp³-hybridized carbons (Fsp3) is 0.506. The first-order valence-corrected chi connectivity index (χ1v) is 35.8. The van der Waals surface area contributed by atoms with Gasteiger partial charge in [0, 0.05) is 72.9 Å². The topological polar surface area (TPSA) is 174 Å². The molecule has 6 heterocycles. The Kier molecular flexibility index (Phi) is 27.1. The number of likely N-dealkylation sites (tertiary alicyclic amines) is 2. The van der Waals surface area contributed by atoms with Gasteiger partial charge in [-0.25, -0.2) is 13.2 Å². The number of hydrogen-bond donors (Lipinski definition) is 3. The lowest BCUT2D eigenvalue weighted by Crippen LogP contribution is -2.38. The summed E-state index contributed by atoms with van der Waals surface area (Å²) in [5, 5.41) is 39.1. The molecular weight excluding hydrogens is 1330 g/mol. The third kappa shape index (κ3) is 20.5. The fourth-order valence-corrected chi connectivity index (χ4v) is 14.5. The maximum atomic E-state index is 13.3. The van der Waals surface area contributed by atoms with Gasteiger partial charge in [0.05, 0.1) is 33.8 Å². The number of rotatable bonds is 27. The van der Waals surface area contributed by atoms with Crippen molar-refractivity contribution in [1.82, 2.24) is 45.3 Å². The van der Waals surface area contributed by atoms with Crippen LogP contribution in [0, 0.1) is 46.0 Å². The van der Waals surface area contributed by atoms with Crippen LogP contribution in [-0.4, -0.2) is 158 Å². The molecule has 6 aromatic carbocycles. The van der Waals surface area contributed by atoms with Gasteiger partial charge in [0.2, 0.25) is 0 Å². The van der Waals surface area contributed by atoms with Gasteiger partial charge in [-0.1, -0.05) is 15.5 Å². The summed E-state index contributed by atoms with van der Waals surface area (Å²) in [6, 6.07) is 30.2. The molecule has 3 aromatic heterocycles. The van der Waals surface area contributed by atoms with E-state index in [4.69, 9.17) is 27.8 Å². The highest BCUT2D eigenvalue weighted by atomic mass is 35.5. The quantitative estimate of drug-likeness (QED) is 0.0443. The maximum absolute atomic E-state index is 13.3. The molecule has 0 bridgehead atoms. The van der Waals surface area contributed by atoms with Crippen LogP contribution in [0.4, 0.5) is 13.2 Å². The van der Waals surface area contributed by atoms with Crippen LogP contribution >= 0.6 is 24.8 Å². The first-order chi connectivity index (χ1) is 48.0. The number of piperidine rings is 3. The molecule has 0 unspecified atom stereocenters. The first kappa shape index (κ1) is 76.8. The van der Waals surface area contributed by atoms with Crippen LogP contribution in [0.3, 0.4) is 0 Å². The Morgan fingerprint density at radius 2 is 0.723 bits per heavy atom. The van der Waals surface area contributed by atoms with Crippen molar-refractivity contribution in [3.63, 3.8) is 0 Å². The number of ether oxygens (including phenoxy) is 3. The van der Waals surface area contributed by atoms with E-state index in [9.17, 15) is 23.4 Å². The second kappa shape index (κ2) is 35.6. The zero-order valence-electron chi connectivity index (χ0n) is 59.5. The van der Waals surface area contributed by atoms with E-state index < -0.39 is 0 Å². The molecule has 5 fully saturated rings. The van der Waals surface area contributed by atoms with E-state index in [0.717, 1.165) is 163 Å². The molecule has 0 atom stereocenters. The van der Waals surface area contributed by atoms with Crippen molar-refractivity contribution in [2.45, 2.75) is 122 Å². The van der Waals surface area contributed by atoms with Crippen LogP contribution in [0.2, 0.25) is 0 Å². The Balaban J connectivity index is 0.000000163. The number of nitrogens with zero attached hydrogens (tertiary/aromatic N) is 8. The highest BCUT2D eigenvalue weighted by Gasteiger charge is 2.45. The average molecular weight is 1430 g/mol. The van der Waals surface area contributed by atoms with Crippen molar-refractivity contribution in [3.05, 3.63) is 160 Å². The smallest absolute Gasteiger partial charge is 0.175 e. The standard InChI is InChI=1S/2C28H36FN3O3.C23H28FN3O2.2ClH/c2*1-31(2)17-24-26(34-22-6-4-21(29)5-7-22)10-8-23-25(30-35-27(23)24)9-3-20-11-15-32(16-12-20)18-28(19-33)13-14-28;1-27(2)15-20-22(28-18-6-4-17(24)5-7-18)10-8-19-21(26-29-23(19)20)9-3-16-11-13-25-14-12-16;;/h2*4-8,10,20,33H,3,9,11-19H2,1-2H3;4-8,10,16,25H,3,9,11-15H2,1-2H3;2*1H. The largest absolute Gasteiger partial charge is 0.457 e. The Hall–Kier alpha value is -6.82. The van der Waals surface area contributed by atoms with Crippen LogP contribution in [0.1, 0.15) is 117 Å². The number of aromatic nitrogens is 3. The van der Waals surface area contributed by atoms with Gasteiger partial charge in [-0.2, -0.15) is 0 Å². The van der Waals surface area contributed by atoms with Gasteiger partial charge in [-0.05, 0) is 311 Å². The molecule has 5 aliphatic rings. The van der Waals surface area contributed by atoms with Crippen molar-refractivity contribution in [1.29, 1.82) is 0 Å². The average Bonchev–Trinajstić information content (AvgIpc) is 1.67. The lowest BCUT2D eigenvalue weighted by molar-refractivity contribution is 0.115. The van der Waals surface area contributed by atoms with Crippen molar-refractivity contribution < 1.29 is 51.2 Å². The van der Waals surface area contributed by atoms with Crippen LogP contribution in [0.25, 0.3) is 32.9 Å². The van der Waals surface area contributed by atoms with Gasteiger partial charge < -0.3 is 67.8 Å². The minimum atomic E-state index is -0.288. The molecule has 546 valence electrons. The molecule has 0 amide bonds. The number of aliphatic hydroxyl groups excluding tert-OH is 2. The third-order valence-electron chi connectivity index (χ3n) is 20.8. The number of halogens is 5. The summed E-state index contributed by atoms with van der Waals surface area (Å²) in [6.45, 7) is 11.5. The lowest BCUT2D eigenvalue weighted by Gasteiger charge is -2.34. The highest BCUT2D eigenvalue weighted by molar-refractivity contribution is 5.87. The van der Waals surface area contributed by atoms with E-state index in [1.54, 1.807) is 36.4 Å². The van der Waals surface area contributed by atoms with E-state index in [1.165, 1.54) is 101 Å². The molecule has 14 rings (SSSR count). The SMILES string of the molecule is CN(C)Cc1c(Oc2ccc(F)cc2)ccc2c(CCC3CCN(CC4(CO)CC4)CC3)noc12.CN(C)Cc1c(Oc2ccc(F)cc2)ccc2c(CCC3CCN(CC4(CO)CC4)CC3)noc12.CN(C)Cc1c(Oc2ccc(F)cc2)ccc2c(CCC3CCNCC3)noc12.Cl.Cl. The van der Waals surface area contributed by atoms with Gasteiger partial charge in [-0.15, -0.1) is 24.8 Å². The molecular formula is C79H102Cl2F3N9O8. The second-order valence-corrected chi connectivity index (χ2v) is 29.6. The third-order valence-corrected chi connectivity index (χ3v) is 20.8. The van der Waals surface area contributed by atoms with Crippen molar-refractivity contribution in [2.75, 3.05) is 108 Å². The van der Waals surface area contributed by atoms with Gasteiger partial charge in [-0.3, -0.25) is 0 Å². The summed E-state index contributed by atoms with van der Waals surface area (Å²) < 4.78 is 75.6. The Morgan fingerprint density at radius 1 is 0.436 bits per heavy atom. The molecule has 22 heteroatoms.